The third kappa shape index (κ3) is 8.30. The summed E-state index contributed by atoms with van der Waals surface area (Å²) in [6, 6.07) is 13.3. The minimum atomic E-state index is -1.19. The van der Waals surface area contributed by atoms with Gasteiger partial charge in [0.15, 0.2) is 0 Å². The number of carbonyl (C=O) groups excluding carboxylic acids is 2. The molecule has 0 unspecified atom stereocenters. The molecule has 2 aromatic carbocycles. The molecular formula is C38H42ClFN6O7. The van der Waals surface area contributed by atoms with Gasteiger partial charge in [0, 0.05) is 53.4 Å². The number of aliphatic hydroxyl groups excluding tert-OH is 1. The van der Waals surface area contributed by atoms with E-state index in [1.807, 2.05) is 18.2 Å². The van der Waals surface area contributed by atoms with E-state index in [-0.39, 0.29) is 31.6 Å². The van der Waals surface area contributed by atoms with Gasteiger partial charge in [0.2, 0.25) is 11.8 Å². The maximum atomic E-state index is 14.2. The lowest BCUT2D eigenvalue weighted by molar-refractivity contribution is -0.148. The van der Waals surface area contributed by atoms with Gasteiger partial charge in [-0.1, -0.05) is 23.7 Å². The normalized spacial score (nSPS) is 21.4. The molecule has 3 aliphatic rings. The highest BCUT2D eigenvalue weighted by molar-refractivity contribution is 6.30. The molecule has 2 amide bonds. The molecule has 3 saturated heterocycles. The Hall–Kier alpha value is -4.63. The zero-order valence-corrected chi connectivity index (χ0v) is 30.0. The van der Waals surface area contributed by atoms with E-state index in [4.69, 9.17) is 31.0 Å². The van der Waals surface area contributed by atoms with Crippen molar-refractivity contribution in [2.45, 2.75) is 82.5 Å². The summed E-state index contributed by atoms with van der Waals surface area (Å²) >= 11 is 5.87. The molecule has 0 saturated carbocycles. The molecule has 5 heterocycles. The number of benzene rings is 2. The fourth-order valence-electron chi connectivity index (χ4n) is 7.28. The highest BCUT2D eigenvalue weighted by atomic mass is 35.5. The number of amides is 2. The molecule has 7 rings (SSSR count). The predicted molar refractivity (Wildman–Crippen MR) is 192 cm³/mol. The van der Waals surface area contributed by atoms with Crippen molar-refractivity contribution in [3.8, 4) is 5.88 Å². The van der Waals surface area contributed by atoms with E-state index >= 15 is 0 Å². The van der Waals surface area contributed by atoms with Gasteiger partial charge < -0.3 is 34.5 Å². The molecule has 0 radical (unpaired) electrons. The molecule has 3 aliphatic heterocycles. The van der Waals surface area contributed by atoms with Crippen LogP contribution in [0.1, 0.15) is 66.0 Å². The van der Waals surface area contributed by atoms with Crippen molar-refractivity contribution < 1.29 is 38.5 Å². The van der Waals surface area contributed by atoms with Crippen LogP contribution in [0.15, 0.2) is 54.6 Å². The Morgan fingerprint density at radius 1 is 1.09 bits per heavy atom. The van der Waals surface area contributed by atoms with E-state index in [9.17, 15) is 29.0 Å². The van der Waals surface area contributed by atoms with Crippen LogP contribution in [0.2, 0.25) is 5.02 Å². The van der Waals surface area contributed by atoms with Crippen LogP contribution in [0.5, 0.6) is 5.88 Å². The number of fused-ring (bicyclic) bond motifs is 1. The molecule has 2 aromatic heterocycles. The van der Waals surface area contributed by atoms with Crippen LogP contribution in [0.3, 0.4) is 0 Å². The van der Waals surface area contributed by atoms with Crippen LogP contribution in [-0.4, -0.2) is 103 Å². The van der Waals surface area contributed by atoms with Crippen molar-refractivity contribution in [2.75, 3.05) is 26.2 Å². The molecule has 53 heavy (non-hydrogen) atoms. The maximum absolute atomic E-state index is 14.2. The van der Waals surface area contributed by atoms with Crippen molar-refractivity contribution in [1.29, 1.82) is 0 Å². The highest BCUT2D eigenvalue weighted by Crippen LogP contribution is 2.30. The van der Waals surface area contributed by atoms with Gasteiger partial charge in [0.25, 0.3) is 5.91 Å². The van der Waals surface area contributed by atoms with Gasteiger partial charge in [0.05, 0.1) is 36.3 Å². The summed E-state index contributed by atoms with van der Waals surface area (Å²) in [5.74, 6) is -1.12. The van der Waals surface area contributed by atoms with Crippen LogP contribution in [0.4, 0.5) is 4.39 Å². The minimum absolute atomic E-state index is 0.0508. The molecule has 3 fully saturated rings. The second kappa shape index (κ2) is 15.8. The minimum Gasteiger partial charge on any atom is -0.480 e. The average Bonchev–Trinajstić information content (AvgIpc) is 3.68. The smallest absolute Gasteiger partial charge is 0.326 e. The number of nitrogens with one attached hydrogen (secondary N) is 1. The van der Waals surface area contributed by atoms with Crippen LogP contribution >= 0.6 is 11.6 Å². The van der Waals surface area contributed by atoms with E-state index in [0.717, 1.165) is 60.9 Å². The highest BCUT2D eigenvalue weighted by Gasteiger charge is 2.40. The van der Waals surface area contributed by atoms with Gasteiger partial charge in [-0.25, -0.2) is 19.2 Å². The van der Waals surface area contributed by atoms with Crippen molar-refractivity contribution >= 4 is 40.4 Å². The van der Waals surface area contributed by atoms with Crippen molar-refractivity contribution in [3.05, 3.63) is 88.1 Å². The number of carbonyl (C=O) groups is 3. The van der Waals surface area contributed by atoms with E-state index < -0.39 is 41.8 Å². The van der Waals surface area contributed by atoms with Crippen LogP contribution in [-0.2, 0) is 34.0 Å². The number of imidazole rings is 1. The Morgan fingerprint density at radius 3 is 2.60 bits per heavy atom. The van der Waals surface area contributed by atoms with Gasteiger partial charge in [-0.05, 0) is 75.7 Å². The fourth-order valence-corrected chi connectivity index (χ4v) is 7.43. The van der Waals surface area contributed by atoms with E-state index in [0.29, 0.717) is 40.6 Å². The number of ether oxygens (including phenoxy) is 2. The van der Waals surface area contributed by atoms with Crippen molar-refractivity contribution in [2.24, 2.45) is 0 Å². The number of hydrogen-bond acceptors (Lipinski definition) is 9. The Kier molecular flexibility index (Phi) is 10.9. The van der Waals surface area contributed by atoms with Crippen LogP contribution in [0.25, 0.3) is 11.0 Å². The zero-order valence-electron chi connectivity index (χ0n) is 29.3. The number of carboxylic acids is 1. The second-order valence-electron chi connectivity index (χ2n) is 14.0. The standard InChI is InChI=1S/C38H42ClFN6O7/c1-22(37(49)46-18-27(47)17-33(46)38(50)51)41-36(48)24-6-8-32-31(15-24)42-34(45(32)19-28-11-14-52-28)20-44-12-9-23(10-13-44)30-3-2-4-35(43-30)53-21-25-5-7-26(39)16-29(25)40/h2-8,15-16,22-23,27-28,33,47H,9-14,17-21H2,1H3,(H,41,48)(H,50,51)/t22-,27+,28+,33-/m1/s1. The lowest BCUT2D eigenvalue weighted by Gasteiger charge is -2.32. The molecule has 13 nitrogen and oxygen atoms in total. The van der Waals surface area contributed by atoms with E-state index in [2.05, 4.69) is 14.8 Å². The maximum Gasteiger partial charge on any atom is 0.326 e. The number of aliphatic hydroxyl groups is 1. The predicted octanol–water partition coefficient (Wildman–Crippen LogP) is 4.14. The third-order valence-corrected chi connectivity index (χ3v) is 10.6. The third-order valence-electron chi connectivity index (χ3n) is 10.3. The quantitative estimate of drug-likeness (QED) is 0.192. The number of aromatic nitrogens is 3. The number of nitrogens with zero attached hydrogens (tertiary/aromatic N) is 5. The topological polar surface area (TPSA) is 159 Å². The lowest BCUT2D eigenvalue weighted by Crippen LogP contribution is -2.50. The molecule has 0 spiro atoms. The summed E-state index contributed by atoms with van der Waals surface area (Å²) in [4.78, 5) is 51.1. The number of pyridine rings is 1. The van der Waals surface area contributed by atoms with Gasteiger partial charge in [-0.3, -0.25) is 14.5 Å². The van der Waals surface area contributed by atoms with Crippen LogP contribution in [0, 0.1) is 5.82 Å². The molecule has 0 aliphatic carbocycles. The molecule has 4 atom stereocenters. The number of rotatable bonds is 12. The molecular weight excluding hydrogens is 707 g/mol. The largest absolute Gasteiger partial charge is 0.480 e. The van der Waals surface area contributed by atoms with Gasteiger partial charge in [-0.2, -0.15) is 0 Å². The molecule has 4 aromatic rings. The SMILES string of the molecule is C[C@@H](NC(=O)c1ccc2c(c1)nc(CN1CCC(c3cccc(OCc4ccc(Cl)cc4F)n3)CC1)n2C[C@@H]1CCO1)C(=O)N1C[C@@H](O)C[C@@H]1C(=O)O. The summed E-state index contributed by atoms with van der Waals surface area (Å²) in [6.45, 7) is 5.08. The first-order chi connectivity index (χ1) is 25.5. The number of hydrogen-bond donors (Lipinski definition) is 3. The number of halogens is 2. The molecule has 0 bridgehead atoms. The fraction of sp³-hybridized carbons (Fsp3) is 0.447. The monoisotopic (exact) mass is 748 g/mol. The first-order valence-electron chi connectivity index (χ1n) is 17.9. The number of aliphatic carboxylic acids is 1. The number of carboxylic acid groups (broad SMARTS) is 1. The van der Waals surface area contributed by atoms with Gasteiger partial charge >= 0.3 is 5.97 Å². The number of likely N-dealkylation sites (tertiary alicyclic amines) is 2. The lowest BCUT2D eigenvalue weighted by atomic mass is 9.93. The molecule has 280 valence electrons. The Labute approximate surface area is 310 Å². The summed E-state index contributed by atoms with van der Waals surface area (Å²) in [7, 11) is 0. The number of β-amino-alcohol motifs (C(OH)–C–C–N with tert-alkyl or cyclic N) is 1. The second-order valence-corrected chi connectivity index (χ2v) is 14.5. The zero-order chi connectivity index (χ0) is 37.2. The average molecular weight is 749 g/mol. The summed E-state index contributed by atoms with van der Waals surface area (Å²) in [6.07, 6.45) is 1.84. The van der Waals surface area contributed by atoms with Crippen LogP contribution < -0.4 is 10.1 Å². The van der Waals surface area contributed by atoms with Crippen molar-refractivity contribution in [3.63, 3.8) is 0 Å². The first kappa shape index (κ1) is 36.7. The summed E-state index contributed by atoms with van der Waals surface area (Å²) < 4.78 is 28.0. The summed E-state index contributed by atoms with van der Waals surface area (Å²) in [5, 5.41) is 22.5. The molecule has 15 heteroatoms. The van der Waals surface area contributed by atoms with Gasteiger partial charge in [0.1, 0.15) is 30.3 Å². The first-order valence-corrected chi connectivity index (χ1v) is 18.3. The number of piperidine rings is 1. The van der Waals surface area contributed by atoms with E-state index in [1.54, 1.807) is 30.3 Å². The Morgan fingerprint density at radius 2 is 1.89 bits per heavy atom. The Balaban J connectivity index is 0.996. The molecule has 3 N–H and O–H groups in total. The van der Waals surface area contributed by atoms with E-state index in [1.165, 1.54) is 13.0 Å². The van der Waals surface area contributed by atoms with Crippen molar-refractivity contribution in [1.82, 2.24) is 29.7 Å². The Bertz CT molecular complexity index is 2000. The summed E-state index contributed by atoms with van der Waals surface area (Å²) in [5.41, 5.74) is 3.19. The van der Waals surface area contributed by atoms with Gasteiger partial charge in [-0.15, -0.1) is 0 Å².